The molecule has 0 fully saturated rings. The SMILES string of the molecule is Cn1c(=O)on(-c2ccc(Cl)c(Cl)c2)c1=O.Cn1c(=O)on(-c2ccc(Cl)c(Cl)c2)c1=O. The van der Waals surface area contributed by atoms with Gasteiger partial charge in [0.2, 0.25) is 0 Å². The third-order valence-corrected chi connectivity index (χ3v) is 5.56. The van der Waals surface area contributed by atoms with Gasteiger partial charge in [-0.15, -0.1) is 9.48 Å². The van der Waals surface area contributed by atoms with Crippen LogP contribution in [0.2, 0.25) is 20.1 Å². The number of benzene rings is 2. The Morgan fingerprint density at radius 2 is 0.938 bits per heavy atom. The smallest absolute Gasteiger partial charge is 0.312 e. The zero-order valence-electron chi connectivity index (χ0n) is 16.2. The van der Waals surface area contributed by atoms with E-state index in [1.807, 2.05) is 0 Å². The monoisotopic (exact) mass is 520 g/mol. The molecule has 168 valence electrons. The molecule has 4 rings (SSSR count). The highest BCUT2D eigenvalue weighted by Crippen LogP contribution is 2.24. The maximum absolute atomic E-state index is 11.5. The van der Waals surface area contributed by atoms with E-state index < -0.39 is 22.9 Å². The highest BCUT2D eigenvalue weighted by Gasteiger charge is 2.12. The summed E-state index contributed by atoms with van der Waals surface area (Å²) in [5.41, 5.74) is -0.471. The lowest BCUT2D eigenvalue weighted by Crippen LogP contribution is -2.25. The summed E-state index contributed by atoms with van der Waals surface area (Å²) in [6, 6.07) is 8.96. The summed E-state index contributed by atoms with van der Waals surface area (Å²) in [7, 11) is 2.64. The minimum Gasteiger partial charge on any atom is -0.312 e. The molecule has 2 heterocycles. The molecule has 0 N–H and O–H groups in total. The maximum Gasteiger partial charge on any atom is 0.442 e. The second-order valence-electron chi connectivity index (χ2n) is 6.18. The van der Waals surface area contributed by atoms with Crippen molar-refractivity contribution < 1.29 is 9.05 Å². The van der Waals surface area contributed by atoms with Crippen molar-refractivity contribution in [1.29, 1.82) is 0 Å². The maximum atomic E-state index is 11.5. The Labute approximate surface area is 197 Å². The van der Waals surface area contributed by atoms with Crippen LogP contribution in [0.3, 0.4) is 0 Å². The number of nitrogens with zero attached hydrogens (tertiary/aromatic N) is 4. The lowest BCUT2D eigenvalue weighted by molar-refractivity contribution is 0.312. The largest absolute Gasteiger partial charge is 0.442 e. The lowest BCUT2D eigenvalue weighted by atomic mass is 10.3. The Hall–Kier alpha value is -2.92. The third-order valence-electron chi connectivity index (χ3n) is 4.08. The summed E-state index contributed by atoms with van der Waals surface area (Å²) in [5.74, 6) is -1.48. The molecule has 0 spiro atoms. The molecule has 2 aromatic heterocycles. The summed E-state index contributed by atoms with van der Waals surface area (Å²) >= 11 is 23.0. The molecule has 2 aromatic carbocycles. The topological polar surface area (TPSA) is 114 Å². The molecule has 0 saturated carbocycles. The zero-order chi connectivity index (χ0) is 23.7. The molecule has 0 amide bonds. The van der Waals surface area contributed by atoms with Gasteiger partial charge in [-0.25, -0.2) is 28.3 Å². The predicted octanol–water partition coefficient (Wildman–Crippen LogP) is 2.87. The first kappa shape index (κ1) is 23.7. The first-order chi connectivity index (χ1) is 15.0. The predicted molar refractivity (Wildman–Crippen MR) is 119 cm³/mol. The average molecular weight is 522 g/mol. The van der Waals surface area contributed by atoms with Gasteiger partial charge in [0, 0.05) is 14.1 Å². The molecule has 0 atom stereocenters. The molecule has 0 unspecified atom stereocenters. The number of aromatic nitrogens is 4. The van der Waals surface area contributed by atoms with Crippen molar-refractivity contribution in [2.45, 2.75) is 0 Å². The van der Waals surface area contributed by atoms with E-state index in [1.165, 1.54) is 50.5 Å². The molecular weight excluding hydrogens is 510 g/mol. The van der Waals surface area contributed by atoms with Crippen LogP contribution in [0.15, 0.2) is 64.6 Å². The summed E-state index contributed by atoms with van der Waals surface area (Å²) in [6.07, 6.45) is 0. The molecule has 32 heavy (non-hydrogen) atoms. The van der Waals surface area contributed by atoms with E-state index in [9.17, 15) is 19.2 Å². The van der Waals surface area contributed by atoms with Gasteiger partial charge >= 0.3 is 22.9 Å². The van der Waals surface area contributed by atoms with Gasteiger partial charge in [-0.1, -0.05) is 46.4 Å². The summed E-state index contributed by atoms with van der Waals surface area (Å²) < 4.78 is 12.9. The second kappa shape index (κ2) is 9.29. The van der Waals surface area contributed by atoms with E-state index in [0.717, 1.165) is 18.6 Å². The van der Waals surface area contributed by atoms with Crippen molar-refractivity contribution >= 4 is 46.4 Å². The van der Waals surface area contributed by atoms with Crippen molar-refractivity contribution in [2.75, 3.05) is 0 Å². The van der Waals surface area contributed by atoms with Crippen molar-refractivity contribution in [1.82, 2.24) is 18.6 Å². The first-order valence-corrected chi connectivity index (χ1v) is 10.0. The van der Waals surface area contributed by atoms with E-state index in [1.54, 1.807) is 0 Å². The minimum atomic E-state index is -0.740. The van der Waals surface area contributed by atoms with Crippen LogP contribution in [0.25, 0.3) is 11.4 Å². The van der Waals surface area contributed by atoms with Gasteiger partial charge in [0.1, 0.15) is 0 Å². The molecular formula is C18H12Cl4N4O6. The number of hydrogen-bond donors (Lipinski definition) is 0. The van der Waals surface area contributed by atoms with Crippen molar-refractivity contribution in [3.63, 3.8) is 0 Å². The zero-order valence-corrected chi connectivity index (χ0v) is 19.2. The van der Waals surface area contributed by atoms with Gasteiger partial charge in [-0.05, 0) is 36.4 Å². The third kappa shape index (κ3) is 4.63. The van der Waals surface area contributed by atoms with Gasteiger partial charge in [0.05, 0.1) is 31.5 Å². The van der Waals surface area contributed by atoms with E-state index in [0.29, 0.717) is 21.4 Å². The molecule has 0 radical (unpaired) electrons. The first-order valence-electron chi connectivity index (χ1n) is 8.51. The Balaban J connectivity index is 0.000000181. The number of halogens is 4. The van der Waals surface area contributed by atoms with Crippen molar-refractivity contribution in [3.05, 3.63) is 98.6 Å². The highest BCUT2D eigenvalue weighted by molar-refractivity contribution is 6.42. The van der Waals surface area contributed by atoms with Gasteiger partial charge in [-0.3, -0.25) is 0 Å². The molecule has 0 aliphatic heterocycles. The van der Waals surface area contributed by atoms with Crippen LogP contribution in [0.4, 0.5) is 0 Å². The molecule has 10 nitrogen and oxygen atoms in total. The Morgan fingerprint density at radius 3 is 1.19 bits per heavy atom. The average Bonchev–Trinajstić information content (AvgIpc) is 3.17. The number of rotatable bonds is 2. The van der Waals surface area contributed by atoms with Crippen LogP contribution in [-0.2, 0) is 14.1 Å². The van der Waals surface area contributed by atoms with Gasteiger partial charge in [0.25, 0.3) is 0 Å². The van der Waals surface area contributed by atoms with Gasteiger partial charge < -0.3 is 9.05 Å². The standard InChI is InChI=1S/2C9H6Cl2N2O3/c2*1-12-8(14)13(16-9(12)15)5-2-3-6(10)7(11)4-5/h2*2-4H,1H3. The van der Waals surface area contributed by atoms with E-state index in [-0.39, 0.29) is 10.0 Å². The van der Waals surface area contributed by atoms with E-state index >= 15 is 0 Å². The fourth-order valence-electron chi connectivity index (χ4n) is 2.33. The minimum absolute atomic E-state index is 0.276. The summed E-state index contributed by atoms with van der Waals surface area (Å²) in [5, 5.41) is 1.27. The molecule has 0 aliphatic carbocycles. The molecule has 0 bridgehead atoms. The van der Waals surface area contributed by atoms with Crippen molar-refractivity contribution in [2.24, 2.45) is 14.1 Å². The summed E-state index contributed by atoms with van der Waals surface area (Å²) in [6.45, 7) is 0. The van der Waals surface area contributed by atoms with Crippen LogP contribution in [0.5, 0.6) is 0 Å². The second-order valence-corrected chi connectivity index (χ2v) is 7.81. The molecule has 14 heteroatoms. The highest BCUT2D eigenvalue weighted by atomic mass is 35.5. The van der Waals surface area contributed by atoms with Crippen LogP contribution >= 0.6 is 46.4 Å². The fraction of sp³-hybridized carbons (Fsp3) is 0.111. The van der Waals surface area contributed by atoms with Gasteiger partial charge in [0.15, 0.2) is 0 Å². The fourth-order valence-corrected chi connectivity index (χ4v) is 2.92. The van der Waals surface area contributed by atoms with Gasteiger partial charge in [-0.2, -0.15) is 0 Å². The molecule has 0 saturated heterocycles. The Bertz CT molecular complexity index is 1420. The van der Waals surface area contributed by atoms with Crippen LogP contribution in [0, 0.1) is 0 Å². The summed E-state index contributed by atoms with van der Waals surface area (Å²) in [4.78, 5) is 45.3. The normalized spacial score (nSPS) is 10.7. The quantitative estimate of drug-likeness (QED) is 0.400. The van der Waals surface area contributed by atoms with E-state index in [2.05, 4.69) is 0 Å². The van der Waals surface area contributed by atoms with Crippen LogP contribution in [-0.4, -0.2) is 18.6 Å². The van der Waals surface area contributed by atoms with Crippen molar-refractivity contribution in [3.8, 4) is 11.4 Å². The van der Waals surface area contributed by atoms with E-state index in [4.69, 9.17) is 55.4 Å². The number of hydrogen-bond acceptors (Lipinski definition) is 6. The molecule has 4 aromatic rings. The van der Waals surface area contributed by atoms with Crippen LogP contribution < -0.4 is 22.9 Å². The van der Waals surface area contributed by atoms with Crippen LogP contribution in [0.1, 0.15) is 0 Å². The Morgan fingerprint density at radius 1 is 0.594 bits per heavy atom. The lowest BCUT2D eigenvalue weighted by Gasteiger charge is -2.00. The Kier molecular flexibility index (Phi) is 6.89. The molecule has 0 aliphatic rings.